The average Bonchev–Trinajstić information content (AvgIpc) is 3.23. The number of aromatic amines is 1. The van der Waals surface area contributed by atoms with Crippen LogP contribution in [0.5, 0.6) is 0 Å². The van der Waals surface area contributed by atoms with Gasteiger partial charge in [0.05, 0.1) is 26.0 Å². The molecule has 0 fully saturated rings. The Balaban J connectivity index is 1.76. The van der Waals surface area contributed by atoms with Crippen LogP contribution in [0.1, 0.15) is 0 Å². The maximum Gasteiger partial charge on any atom is 0.239 e. The molecule has 1 N–H and O–H groups in total. The molecule has 0 atom stereocenters. The fourth-order valence-corrected chi connectivity index (χ4v) is 3.98. The number of furan rings is 1. The summed E-state index contributed by atoms with van der Waals surface area (Å²) in [5.41, 5.74) is 1.60. The molecule has 0 saturated heterocycles. The van der Waals surface area contributed by atoms with E-state index in [1.165, 1.54) is 24.3 Å². The van der Waals surface area contributed by atoms with E-state index in [0.717, 1.165) is 11.0 Å². The molecular weight excluding hydrogens is 383 g/mol. The third-order valence-electron chi connectivity index (χ3n) is 3.67. The van der Waals surface area contributed by atoms with Gasteiger partial charge in [-0.15, -0.1) is 0 Å². The van der Waals surface area contributed by atoms with Crippen molar-refractivity contribution in [2.45, 2.75) is 9.99 Å². The van der Waals surface area contributed by atoms with Crippen molar-refractivity contribution >= 4 is 44.1 Å². The smallest absolute Gasteiger partial charge is 0.239 e. The largest absolute Gasteiger partial charge is 0.441 e. The molecule has 0 spiro atoms. The zero-order valence-electron chi connectivity index (χ0n) is 12.5. The second-order valence-electron chi connectivity index (χ2n) is 5.30. The van der Waals surface area contributed by atoms with Crippen LogP contribution in [0.4, 0.5) is 0 Å². The van der Waals surface area contributed by atoms with Gasteiger partial charge in [-0.2, -0.15) is 0 Å². The lowest BCUT2D eigenvalue weighted by atomic mass is 10.3. The van der Waals surface area contributed by atoms with E-state index in [4.69, 9.17) is 27.6 Å². The first-order valence-electron chi connectivity index (χ1n) is 7.20. The third kappa shape index (κ3) is 2.82. The van der Waals surface area contributed by atoms with Crippen molar-refractivity contribution in [1.82, 2.24) is 9.97 Å². The van der Waals surface area contributed by atoms with E-state index in [-0.39, 0.29) is 20.0 Å². The predicted octanol–water partition coefficient (Wildman–Crippen LogP) is 4.96. The number of nitrogens with one attached hydrogen (secondary N) is 1. The van der Waals surface area contributed by atoms with Crippen LogP contribution in [-0.2, 0) is 9.84 Å². The number of halogens is 2. The predicted molar refractivity (Wildman–Crippen MR) is 95.7 cm³/mol. The molecule has 2 aromatic carbocycles. The molecule has 0 radical (unpaired) electrons. The number of para-hydroxylation sites is 2. The van der Waals surface area contributed by atoms with Crippen LogP contribution >= 0.6 is 23.2 Å². The molecule has 2 heterocycles. The number of hydrogen-bond acceptors (Lipinski definition) is 4. The van der Waals surface area contributed by atoms with Gasteiger partial charge in [0.15, 0.2) is 11.6 Å². The van der Waals surface area contributed by atoms with Crippen molar-refractivity contribution < 1.29 is 12.8 Å². The van der Waals surface area contributed by atoms with E-state index in [1.807, 2.05) is 24.3 Å². The van der Waals surface area contributed by atoms with Crippen molar-refractivity contribution in [3.63, 3.8) is 0 Å². The summed E-state index contributed by atoms with van der Waals surface area (Å²) in [6.07, 6.45) is 0. The molecule has 4 rings (SSSR count). The number of rotatable bonds is 3. The minimum absolute atomic E-state index is 0.00686. The normalized spacial score (nSPS) is 11.9. The molecule has 0 saturated carbocycles. The topological polar surface area (TPSA) is 76.0 Å². The fourth-order valence-electron chi connectivity index (χ4n) is 2.42. The molecule has 4 aromatic rings. The SMILES string of the molecule is O=S(=O)(c1ccc(Cl)c(Cl)c1)c1ccc(-c2nc3ccccc3[nH]2)o1. The van der Waals surface area contributed by atoms with Crippen LogP contribution < -0.4 is 0 Å². The van der Waals surface area contributed by atoms with Gasteiger partial charge in [0, 0.05) is 0 Å². The summed E-state index contributed by atoms with van der Waals surface area (Å²) in [5, 5.41) is 0.246. The second kappa shape index (κ2) is 5.91. The van der Waals surface area contributed by atoms with E-state index < -0.39 is 9.84 Å². The first-order valence-corrected chi connectivity index (χ1v) is 9.44. The van der Waals surface area contributed by atoms with Crippen LogP contribution in [0.15, 0.2) is 69.0 Å². The van der Waals surface area contributed by atoms with E-state index in [2.05, 4.69) is 9.97 Å². The highest BCUT2D eigenvalue weighted by Gasteiger charge is 2.23. The Labute approximate surface area is 153 Å². The van der Waals surface area contributed by atoms with Gasteiger partial charge in [-0.3, -0.25) is 0 Å². The number of H-pyrrole nitrogens is 1. The maximum atomic E-state index is 12.7. The minimum atomic E-state index is -3.85. The lowest BCUT2D eigenvalue weighted by Gasteiger charge is -2.03. The summed E-state index contributed by atoms with van der Waals surface area (Å²) in [6, 6.07) is 14.5. The van der Waals surface area contributed by atoms with E-state index >= 15 is 0 Å². The summed E-state index contributed by atoms with van der Waals surface area (Å²) in [7, 11) is -3.85. The summed E-state index contributed by atoms with van der Waals surface area (Å²) in [4.78, 5) is 7.50. The average molecular weight is 393 g/mol. The molecule has 126 valence electrons. The zero-order chi connectivity index (χ0) is 17.6. The van der Waals surface area contributed by atoms with E-state index in [1.54, 1.807) is 6.07 Å². The minimum Gasteiger partial charge on any atom is -0.441 e. The molecule has 5 nitrogen and oxygen atoms in total. The number of sulfone groups is 1. The Kier molecular flexibility index (Phi) is 3.83. The number of nitrogens with zero attached hydrogens (tertiary/aromatic N) is 1. The first-order chi connectivity index (χ1) is 11.9. The van der Waals surface area contributed by atoms with E-state index in [9.17, 15) is 8.42 Å². The summed E-state index contributed by atoms with van der Waals surface area (Å²) >= 11 is 11.7. The molecule has 0 aliphatic carbocycles. The highest BCUT2D eigenvalue weighted by atomic mass is 35.5. The molecule has 2 aromatic heterocycles. The monoisotopic (exact) mass is 392 g/mol. The standard InChI is InChI=1S/C17H10Cl2N2O3S/c18-11-6-5-10(9-12(11)19)25(22,23)16-8-7-15(24-16)17-20-13-3-1-2-4-14(13)21-17/h1-9H,(H,20,21). The van der Waals surface area contributed by atoms with Gasteiger partial charge >= 0.3 is 0 Å². The van der Waals surface area contributed by atoms with Gasteiger partial charge in [0.25, 0.3) is 0 Å². The van der Waals surface area contributed by atoms with Crippen LogP contribution in [0.2, 0.25) is 10.0 Å². The van der Waals surface area contributed by atoms with Crippen molar-refractivity contribution in [2.75, 3.05) is 0 Å². The Morgan fingerprint density at radius 2 is 1.76 bits per heavy atom. The van der Waals surface area contributed by atoms with Gasteiger partial charge in [-0.1, -0.05) is 35.3 Å². The molecule has 0 aliphatic rings. The molecule has 0 bridgehead atoms. The van der Waals surface area contributed by atoms with E-state index in [0.29, 0.717) is 11.6 Å². The molecular formula is C17H10Cl2N2O3S. The van der Waals surface area contributed by atoms with Crippen molar-refractivity contribution in [1.29, 1.82) is 0 Å². The first kappa shape index (κ1) is 16.2. The summed E-state index contributed by atoms with van der Waals surface area (Å²) in [5.74, 6) is 0.784. The second-order valence-corrected chi connectivity index (χ2v) is 8.00. The fraction of sp³-hybridized carbons (Fsp3) is 0. The number of aromatic nitrogens is 2. The zero-order valence-corrected chi connectivity index (χ0v) is 14.9. The van der Waals surface area contributed by atoms with Crippen LogP contribution in [0, 0.1) is 0 Å². The Morgan fingerprint density at radius 1 is 0.960 bits per heavy atom. The van der Waals surface area contributed by atoms with Crippen LogP contribution in [0.25, 0.3) is 22.6 Å². The van der Waals surface area contributed by atoms with Gasteiger partial charge in [-0.25, -0.2) is 13.4 Å². The molecule has 0 aliphatic heterocycles. The van der Waals surface area contributed by atoms with Gasteiger partial charge in [0.1, 0.15) is 0 Å². The molecule has 8 heteroatoms. The number of imidazole rings is 1. The van der Waals surface area contributed by atoms with Gasteiger partial charge in [-0.05, 0) is 42.5 Å². The Morgan fingerprint density at radius 3 is 2.52 bits per heavy atom. The highest BCUT2D eigenvalue weighted by Crippen LogP contribution is 2.31. The van der Waals surface area contributed by atoms with Crippen molar-refractivity contribution in [3.05, 3.63) is 64.6 Å². The number of fused-ring (bicyclic) bond motifs is 1. The van der Waals surface area contributed by atoms with Gasteiger partial charge in [0.2, 0.25) is 14.9 Å². The highest BCUT2D eigenvalue weighted by molar-refractivity contribution is 7.91. The molecule has 0 unspecified atom stereocenters. The number of benzene rings is 2. The molecule has 0 amide bonds. The van der Waals surface area contributed by atoms with Crippen LogP contribution in [-0.4, -0.2) is 18.4 Å². The summed E-state index contributed by atoms with van der Waals surface area (Å²) < 4.78 is 30.9. The van der Waals surface area contributed by atoms with Crippen molar-refractivity contribution in [3.8, 4) is 11.6 Å². The lowest BCUT2D eigenvalue weighted by Crippen LogP contribution is -2.00. The Hall–Kier alpha value is -2.28. The summed E-state index contributed by atoms with van der Waals surface area (Å²) in [6.45, 7) is 0. The van der Waals surface area contributed by atoms with Gasteiger partial charge < -0.3 is 9.40 Å². The quantitative estimate of drug-likeness (QED) is 0.534. The third-order valence-corrected chi connectivity index (χ3v) is 6.03. The number of hydrogen-bond donors (Lipinski definition) is 1. The van der Waals surface area contributed by atoms with Crippen molar-refractivity contribution in [2.24, 2.45) is 0 Å². The lowest BCUT2D eigenvalue weighted by molar-refractivity contribution is 0.459. The Bertz CT molecular complexity index is 1160. The van der Waals surface area contributed by atoms with Crippen LogP contribution in [0.3, 0.4) is 0 Å². The maximum absolute atomic E-state index is 12.7. The molecule has 25 heavy (non-hydrogen) atoms.